The number of benzene rings is 2. The number of rotatable bonds is 4. The lowest BCUT2D eigenvalue weighted by Crippen LogP contribution is -2.27. The first-order valence-corrected chi connectivity index (χ1v) is 11.1. The van der Waals surface area contributed by atoms with E-state index in [9.17, 15) is 13.2 Å². The first-order chi connectivity index (χ1) is 13.8. The molecule has 1 N–H and O–H groups in total. The summed E-state index contributed by atoms with van der Waals surface area (Å²) < 4.78 is 33.0. The summed E-state index contributed by atoms with van der Waals surface area (Å²) in [6, 6.07) is 10.5. The molecule has 1 aromatic heterocycles. The van der Waals surface area contributed by atoms with Crippen LogP contribution in [-0.4, -0.2) is 31.7 Å². The van der Waals surface area contributed by atoms with Gasteiger partial charge in [-0.2, -0.15) is 4.31 Å². The highest BCUT2D eigenvalue weighted by molar-refractivity contribution is 7.89. The number of furan rings is 1. The van der Waals surface area contributed by atoms with Crippen molar-refractivity contribution in [3.63, 3.8) is 0 Å². The van der Waals surface area contributed by atoms with Crippen molar-refractivity contribution >= 4 is 32.6 Å². The summed E-state index contributed by atoms with van der Waals surface area (Å²) in [5.74, 6) is -0.159. The number of hydrogen-bond acceptors (Lipinski definition) is 4. The highest BCUT2D eigenvalue weighted by Crippen LogP contribution is 2.30. The summed E-state index contributed by atoms with van der Waals surface area (Å²) in [5, 5.41) is 3.54. The number of anilines is 1. The monoisotopic (exact) mass is 412 g/mol. The van der Waals surface area contributed by atoms with E-state index in [0.29, 0.717) is 29.6 Å². The second-order valence-corrected chi connectivity index (χ2v) is 9.46. The topological polar surface area (TPSA) is 79.6 Å². The number of amides is 1. The molecule has 1 aliphatic heterocycles. The van der Waals surface area contributed by atoms with Crippen LogP contribution in [0.1, 0.15) is 40.1 Å². The van der Waals surface area contributed by atoms with Crippen LogP contribution in [0.5, 0.6) is 0 Å². The predicted octanol–water partition coefficient (Wildman–Crippen LogP) is 4.39. The molecule has 0 bridgehead atoms. The van der Waals surface area contributed by atoms with E-state index in [0.717, 1.165) is 29.7 Å². The van der Waals surface area contributed by atoms with Crippen LogP contribution in [0.3, 0.4) is 0 Å². The summed E-state index contributed by atoms with van der Waals surface area (Å²) in [6.45, 7) is 6.81. The Balaban J connectivity index is 1.69. The molecule has 29 heavy (non-hydrogen) atoms. The van der Waals surface area contributed by atoms with E-state index in [1.54, 1.807) is 25.1 Å². The number of nitrogens with zero attached hydrogens (tertiary/aromatic N) is 1. The van der Waals surface area contributed by atoms with Crippen molar-refractivity contribution in [2.45, 2.75) is 38.5 Å². The first-order valence-electron chi connectivity index (χ1n) is 9.70. The van der Waals surface area contributed by atoms with Crippen LogP contribution >= 0.6 is 0 Å². The second kappa shape index (κ2) is 7.31. The van der Waals surface area contributed by atoms with Crippen molar-refractivity contribution in [1.29, 1.82) is 0 Å². The van der Waals surface area contributed by atoms with Crippen LogP contribution in [0.25, 0.3) is 11.0 Å². The second-order valence-electron chi connectivity index (χ2n) is 7.53. The Bertz CT molecular complexity index is 1210. The van der Waals surface area contributed by atoms with Crippen molar-refractivity contribution in [2.24, 2.45) is 0 Å². The molecular weight excluding hydrogens is 388 g/mol. The smallest absolute Gasteiger partial charge is 0.291 e. The molecule has 2 aromatic carbocycles. The third kappa shape index (κ3) is 3.45. The predicted molar refractivity (Wildman–Crippen MR) is 113 cm³/mol. The maximum atomic E-state index is 12.9. The van der Waals surface area contributed by atoms with Crippen molar-refractivity contribution in [3.05, 3.63) is 58.8 Å². The summed E-state index contributed by atoms with van der Waals surface area (Å²) in [6.07, 6.45) is 1.77. The largest absolute Gasteiger partial charge is 0.451 e. The fourth-order valence-corrected chi connectivity index (χ4v) is 5.26. The fraction of sp³-hybridized carbons (Fsp3) is 0.318. The van der Waals surface area contributed by atoms with Gasteiger partial charge in [0.15, 0.2) is 5.76 Å². The maximum Gasteiger partial charge on any atom is 0.291 e. The lowest BCUT2D eigenvalue weighted by atomic mass is 10.1. The minimum atomic E-state index is -3.53. The standard InChI is InChI=1S/C22H24N2O4S/c1-14-7-6-8-19(15(14)2)23-22(25)21-16(3)18-13-17(9-10-20(18)28-21)29(26,27)24-11-4-5-12-24/h6-10,13H,4-5,11-12H2,1-3H3,(H,23,25). The van der Waals surface area contributed by atoms with Gasteiger partial charge in [-0.3, -0.25) is 4.79 Å². The molecule has 1 aliphatic rings. The zero-order chi connectivity index (χ0) is 20.8. The summed E-state index contributed by atoms with van der Waals surface area (Å²) in [5.41, 5.74) is 3.93. The van der Waals surface area contributed by atoms with Crippen LogP contribution in [0, 0.1) is 20.8 Å². The van der Waals surface area contributed by atoms with E-state index in [4.69, 9.17) is 4.42 Å². The minimum Gasteiger partial charge on any atom is -0.451 e. The van der Waals surface area contributed by atoms with E-state index in [1.165, 1.54) is 4.31 Å². The number of aryl methyl sites for hydroxylation is 2. The van der Waals surface area contributed by atoms with Gasteiger partial charge in [-0.25, -0.2) is 8.42 Å². The fourth-order valence-electron chi connectivity index (χ4n) is 3.72. The average molecular weight is 413 g/mol. The molecule has 0 spiro atoms. The first kappa shape index (κ1) is 19.7. The molecule has 0 unspecified atom stereocenters. The number of carbonyl (C=O) groups is 1. The van der Waals surface area contributed by atoms with E-state index in [-0.39, 0.29) is 16.6 Å². The van der Waals surface area contributed by atoms with E-state index in [1.807, 2.05) is 32.0 Å². The average Bonchev–Trinajstić information content (AvgIpc) is 3.34. The van der Waals surface area contributed by atoms with Gasteiger partial charge in [0.25, 0.3) is 5.91 Å². The molecule has 1 fully saturated rings. The summed E-state index contributed by atoms with van der Waals surface area (Å²) in [7, 11) is -3.53. The van der Waals surface area contributed by atoms with Crippen LogP contribution < -0.4 is 5.32 Å². The Morgan fingerprint density at radius 2 is 1.76 bits per heavy atom. The lowest BCUT2D eigenvalue weighted by Gasteiger charge is -2.15. The molecule has 2 heterocycles. The van der Waals surface area contributed by atoms with E-state index in [2.05, 4.69) is 5.32 Å². The Hall–Kier alpha value is -2.64. The molecule has 6 nitrogen and oxygen atoms in total. The molecule has 0 aliphatic carbocycles. The molecule has 1 amide bonds. The SMILES string of the molecule is Cc1cccc(NC(=O)c2oc3ccc(S(=O)(=O)N4CCCC4)cc3c2C)c1C. The molecular formula is C22H24N2O4S. The third-order valence-corrected chi connectivity index (χ3v) is 7.56. The van der Waals surface area contributed by atoms with Gasteiger partial charge < -0.3 is 9.73 Å². The normalized spacial score (nSPS) is 15.1. The molecule has 4 rings (SSSR count). The number of sulfonamides is 1. The number of hydrogen-bond donors (Lipinski definition) is 1. The van der Waals surface area contributed by atoms with Gasteiger partial charge >= 0.3 is 0 Å². The molecule has 0 radical (unpaired) electrons. The quantitative estimate of drug-likeness (QED) is 0.689. The van der Waals surface area contributed by atoms with Crippen molar-refractivity contribution < 1.29 is 17.6 Å². The van der Waals surface area contributed by atoms with Gasteiger partial charge in [-0.15, -0.1) is 0 Å². The summed E-state index contributed by atoms with van der Waals surface area (Å²) in [4.78, 5) is 13.1. The number of carbonyl (C=O) groups excluding carboxylic acids is 1. The van der Waals surface area contributed by atoms with Crippen molar-refractivity contribution in [2.75, 3.05) is 18.4 Å². The van der Waals surface area contributed by atoms with Crippen molar-refractivity contribution in [3.8, 4) is 0 Å². The maximum absolute atomic E-state index is 12.9. The molecule has 0 saturated carbocycles. The van der Waals surface area contributed by atoms with E-state index < -0.39 is 10.0 Å². The van der Waals surface area contributed by atoms with Gasteiger partial charge in [-0.1, -0.05) is 12.1 Å². The highest BCUT2D eigenvalue weighted by atomic mass is 32.2. The van der Waals surface area contributed by atoms with Crippen LogP contribution in [-0.2, 0) is 10.0 Å². The molecule has 3 aromatic rings. The Labute approximate surface area is 170 Å². The molecule has 0 atom stereocenters. The van der Waals surface area contributed by atoms with E-state index >= 15 is 0 Å². The zero-order valence-electron chi connectivity index (χ0n) is 16.8. The number of fused-ring (bicyclic) bond motifs is 1. The van der Waals surface area contributed by atoms with Gasteiger partial charge in [0.05, 0.1) is 4.90 Å². The van der Waals surface area contributed by atoms with Crippen molar-refractivity contribution in [1.82, 2.24) is 4.31 Å². The van der Waals surface area contributed by atoms with Gasteiger partial charge in [0.2, 0.25) is 10.0 Å². The summed E-state index contributed by atoms with van der Waals surface area (Å²) >= 11 is 0. The number of nitrogens with one attached hydrogen (secondary N) is 1. The molecule has 1 saturated heterocycles. The Morgan fingerprint density at radius 3 is 2.48 bits per heavy atom. The third-order valence-electron chi connectivity index (χ3n) is 5.67. The van der Waals surface area contributed by atoms with Crippen LogP contribution in [0.15, 0.2) is 45.7 Å². The Morgan fingerprint density at radius 1 is 1.03 bits per heavy atom. The highest BCUT2D eigenvalue weighted by Gasteiger charge is 2.28. The molecule has 152 valence electrons. The molecule has 7 heteroatoms. The van der Waals surface area contributed by atoms with Gasteiger partial charge in [0.1, 0.15) is 5.58 Å². The minimum absolute atomic E-state index is 0.191. The zero-order valence-corrected chi connectivity index (χ0v) is 17.6. The van der Waals surface area contributed by atoms with Gasteiger partial charge in [0, 0.05) is 29.7 Å². The Kier molecular flexibility index (Phi) is 4.96. The van der Waals surface area contributed by atoms with Gasteiger partial charge in [-0.05, 0) is 69.0 Å². The van der Waals surface area contributed by atoms with Crippen LogP contribution in [0.4, 0.5) is 5.69 Å². The van der Waals surface area contributed by atoms with Crippen LogP contribution in [0.2, 0.25) is 0 Å². The lowest BCUT2D eigenvalue weighted by molar-refractivity contribution is 0.0998.